The number of para-hydroxylation sites is 2. The molecule has 3 aromatic rings. The Morgan fingerprint density at radius 1 is 0.933 bits per heavy atom. The van der Waals surface area contributed by atoms with Crippen LogP contribution in [0.3, 0.4) is 0 Å². The predicted molar refractivity (Wildman–Crippen MR) is 116 cm³/mol. The van der Waals surface area contributed by atoms with Gasteiger partial charge in [0.25, 0.3) is 11.8 Å². The number of nitrogens with zero attached hydrogens (tertiary/aromatic N) is 2. The van der Waals surface area contributed by atoms with E-state index in [2.05, 4.69) is 15.6 Å². The average Bonchev–Trinajstić information content (AvgIpc) is 2.79. The highest BCUT2D eigenvalue weighted by Crippen LogP contribution is 2.23. The van der Waals surface area contributed by atoms with E-state index in [0.29, 0.717) is 16.8 Å². The number of carbonyl (C=O) groups excluding carboxylic acids is 2. The Morgan fingerprint density at radius 3 is 2.30 bits per heavy atom. The molecule has 0 aliphatic heterocycles. The maximum absolute atomic E-state index is 12.9. The van der Waals surface area contributed by atoms with Gasteiger partial charge in [0, 0.05) is 17.4 Å². The van der Waals surface area contributed by atoms with E-state index in [-0.39, 0.29) is 11.6 Å². The summed E-state index contributed by atoms with van der Waals surface area (Å²) >= 11 is 0. The summed E-state index contributed by atoms with van der Waals surface area (Å²) in [5.41, 5.74) is 4.10. The van der Waals surface area contributed by atoms with Gasteiger partial charge in [0.2, 0.25) is 0 Å². The SMILES string of the molecule is CCc1cccc(CC)c1NC(=O)c1ccnc(C(=O)Nc2ccccc2C#N)c1. The number of nitrogens with one attached hydrogen (secondary N) is 2. The van der Waals surface area contributed by atoms with Crippen LogP contribution in [-0.2, 0) is 12.8 Å². The number of carbonyl (C=O) groups is 2. The van der Waals surface area contributed by atoms with Crippen LogP contribution in [0.4, 0.5) is 11.4 Å². The molecule has 2 amide bonds. The largest absolute Gasteiger partial charge is 0.321 e. The molecule has 0 aliphatic rings. The molecule has 3 rings (SSSR count). The third-order valence-electron chi connectivity index (χ3n) is 4.79. The fourth-order valence-corrected chi connectivity index (χ4v) is 3.16. The Bertz CT molecular complexity index is 1110. The molecule has 0 saturated carbocycles. The minimum atomic E-state index is -0.490. The van der Waals surface area contributed by atoms with Gasteiger partial charge in [-0.05, 0) is 48.2 Å². The van der Waals surface area contributed by atoms with Gasteiger partial charge in [0.15, 0.2) is 0 Å². The first-order valence-corrected chi connectivity index (χ1v) is 9.76. The number of rotatable bonds is 6. The van der Waals surface area contributed by atoms with Crippen molar-refractivity contribution in [3.05, 3.63) is 88.7 Å². The van der Waals surface area contributed by atoms with E-state index in [1.165, 1.54) is 12.3 Å². The van der Waals surface area contributed by atoms with Crippen LogP contribution in [0, 0.1) is 11.3 Å². The van der Waals surface area contributed by atoms with Crippen molar-refractivity contribution in [1.29, 1.82) is 5.26 Å². The van der Waals surface area contributed by atoms with Crippen LogP contribution >= 0.6 is 0 Å². The standard InChI is InChI=1S/C24H22N4O2/c1-3-16-9-7-10-17(4-2)22(16)28-23(29)18-12-13-26-21(14-18)24(30)27-20-11-6-5-8-19(20)15-25/h5-14H,3-4H2,1-2H3,(H,27,30)(H,28,29). The van der Waals surface area contributed by atoms with Gasteiger partial charge in [-0.1, -0.05) is 44.2 Å². The van der Waals surface area contributed by atoms with Crippen molar-refractivity contribution in [2.24, 2.45) is 0 Å². The number of hydrogen-bond donors (Lipinski definition) is 2. The van der Waals surface area contributed by atoms with Gasteiger partial charge in [-0.3, -0.25) is 14.6 Å². The van der Waals surface area contributed by atoms with Gasteiger partial charge in [-0.15, -0.1) is 0 Å². The molecule has 0 bridgehead atoms. The molecule has 0 radical (unpaired) electrons. The number of aryl methyl sites for hydroxylation is 2. The van der Waals surface area contributed by atoms with Crippen molar-refractivity contribution in [3.8, 4) is 6.07 Å². The van der Waals surface area contributed by atoms with E-state index in [1.54, 1.807) is 30.3 Å². The van der Waals surface area contributed by atoms with Crippen molar-refractivity contribution < 1.29 is 9.59 Å². The third kappa shape index (κ3) is 4.53. The first kappa shape index (κ1) is 20.7. The molecule has 0 fully saturated rings. The molecule has 0 saturated heterocycles. The first-order valence-electron chi connectivity index (χ1n) is 9.76. The van der Waals surface area contributed by atoms with Crippen LogP contribution in [0.15, 0.2) is 60.8 Å². The number of anilines is 2. The van der Waals surface area contributed by atoms with E-state index >= 15 is 0 Å². The molecule has 0 atom stereocenters. The van der Waals surface area contributed by atoms with Gasteiger partial charge in [0.1, 0.15) is 11.8 Å². The molecule has 1 aromatic heterocycles. The monoisotopic (exact) mass is 398 g/mol. The molecule has 6 heteroatoms. The zero-order chi connectivity index (χ0) is 21.5. The van der Waals surface area contributed by atoms with Gasteiger partial charge < -0.3 is 10.6 Å². The quantitative estimate of drug-likeness (QED) is 0.635. The second-order valence-corrected chi connectivity index (χ2v) is 6.65. The molecule has 1 heterocycles. The number of hydrogen-bond acceptors (Lipinski definition) is 4. The fraction of sp³-hybridized carbons (Fsp3) is 0.167. The van der Waals surface area contributed by atoms with Gasteiger partial charge in [0.05, 0.1) is 11.3 Å². The van der Waals surface area contributed by atoms with E-state index < -0.39 is 5.91 Å². The topological polar surface area (TPSA) is 94.9 Å². The highest BCUT2D eigenvalue weighted by atomic mass is 16.2. The number of pyridine rings is 1. The van der Waals surface area contributed by atoms with Crippen LogP contribution in [-0.4, -0.2) is 16.8 Å². The predicted octanol–water partition coefficient (Wildman–Crippen LogP) is 4.58. The van der Waals surface area contributed by atoms with E-state index in [1.807, 2.05) is 38.1 Å². The van der Waals surface area contributed by atoms with E-state index in [4.69, 9.17) is 0 Å². The molecule has 150 valence electrons. The summed E-state index contributed by atoms with van der Waals surface area (Å²) in [6.45, 7) is 4.08. The highest BCUT2D eigenvalue weighted by molar-refractivity contribution is 6.08. The first-order chi connectivity index (χ1) is 14.6. The smallest absolute Gasteiger partial charge is 0.274 e. The van der Waals surface area contributed by atoms with Crippen LogP contribution in [0.1, 0.15) is 51.4 Å². The summed E-state index contributed by atoms with van der Waals surface area (Å²) in [6.07, 6.45) is 3.02. The normalized spacial score (nSPS) is 10.2. The Kier molecular flexibility index (Phi) is 6.56. The average molecular weight is 398 g/mol. The van der Waals surface area contributed by atoms with E-state index in [9.17, 15) is 14.9 Å². The number of benzene rings is 2. The Hall–Kier alpha value is -3.98. The number of nitriles is 1. The summed E-state index contributed by atoms with van der Waals surface area (Å²) < 4.78 is 0. The van der Waals surface area contributed by atoms with Crippen molar-refractivity contribution >= 4 is 23.2 Å². The molecule has 0 spiro atoms. The highest BCUT2D eigenvalue weighted by Gasteiger charge is 2.15. The lowest BCUT2D eigenvalue weighted by atomic mass is 10.0. The van der Waals surface area contributed by atoms with Gasteiger partial charge in [-0.25, -0.2) is 0 Å². The Morgan fingerprint density at radius 2 is 1.63 bits per heavy atom. The van der Waals surface area contributed by atoms with Crippen LogP contribution in [0.2, 0.25) is 0 Å². The minimum absolute atomic E-state index is 0.0925. The van der Waals surface area contributed by atoms with Gasteiger partial charge >= 0.3 is 0 Å². The number of amides is 2. The molecule has 30 heavy (non-hydrogen) atoms. The maximum Gasteiger partial charge on any atom is 0.274 e. The third-order valence-corrected chi connectivity index (χ3v) is 4.79. The molecule has 2 N–H and O–H groups in total. The van der Waals surface area contributed by atoms with Crippen LogP contribution in [0.25, 0.3) is 0 Å². The number of aromatic nitrogens is 1. The Labute approximate surface area is 175 Å². The summed E-state index contributed by atoms with van der Waals surface area (Å²) in [5.74, 6) is -0.796. The fourth-order valence-electron chi connectivity index (χ4n) is 3.16. The lowest BCUT2D eigenvalue weighted by Crippen LogP contribution is -2.18. The zero-order valence-corrected chi connectivity index (χ0v) is 16.9. The molecule has 0 aliphatic carbocycles. The van der Waals surface area contributed by atoms with Crippen LogP contribution < -0.4 is 10.6 Å². The lowest BCUT2D eigenvalue weighted by molar-refractivity contribution is 0.102. The van der Waals surface area contributed by atoms with Crippen LogP contribution in [0.5, 0.6) is 0 Å². The maximum atomic E-state index is 12.9. The van der Waals surface area contributed by atoms with Gasteiger partial charge in [-0.2, -0.15) is 5.26 Å². The molecule has 2 aromatic carbocycles. The summed E-state index contributed by atoms with van der Waals surface area (Å²) in [4.78, 5) is 29.5. The van der Waals surface area contributed by atoms with Crippen molar-refractivity contribution in [1.82, 2.24) is 4.98 Å². The van der Waals surface area contributed by atoms with Crippen molar-refractivity contribution in [2.75, 3.05) is 10.6 Å². The second-order valence-electron chi connectivity index (χ2n) is 6.65. The summed E-state index contributed by atoms with van der Waals surface area (Å²) in [6, 6.07) is 17.7. The lowest BCUT2D eigenvalue weighted by Gasteiger charge is -2.14. The molecular weight excluding hydrogens is 376 g/mol. The molecule has 0 unspecified atom stereocenters. The Balaban J connectivity index is 1.83. The zero-order valence-electron chi connectivity index (χ0n) is 16.9. The minimum Gasteiger partial charge on any atom is -0.321 e. The summed E-state index contributed by atoms with van der Waals surface area (Å²) in [7, 11) is 0. The van der Waals surface area contributed by atoms with Crippen molar-refractivity contribution in [3.63, 3.8) is 0 Å². The molecular formula is C24H22N4O2. The van der Waals surface area contributed by atoms with E-state index in [0.717, 1.165) is 29.7 Å². The second kappa shape index (κ2) is 9.48. The molecule has 6 nitrogen and oxygen atoms in total. The summed E-state index contributed by atoms with van der Waals surface area (Å²) in [5, 5.41) is 14.8. The van der Waals surface area contributed by atoms with Crippen molar-refractivity contribution in [2.45, 2.75) is 26.7 Å².